The van der Waals surface area contributed by atoms with Crippen LogP contribution in [0.2, 0.25) is 0 Å². The first-order chi connectivity index (χ1) is 12.2. The van der Waals surface area contributed by atoms with E-state index in [1.54, 1.807) is 13.4 Å². The second kappa shape index (κ2) is 6.23. The van der Waals surface area contributed by atoms with Crippen LogP contribution in [0.25, 0.3) is 11.0 Å². The molecule has 2 aromatic heterocycles. The van der Waals surface area contributed by atoms with Crippen molar-refractivity contribution in [2.75, 3.05) is 43.1 Å². The normalized spacial score (nSPS) is 15.0. The van der Waals surface area contributed by atoms with Crippen LogP contribution in [0.1, 0.15) is 5.69 Å². The van der Waals surface area contributed by atoms with Crippen LogP contribution in [0, 0.1) is 6.92 Å². The number of hydrogen-bond acceptors (Lipinski definition) is 6. The van der Waals surface area contributed by atoms with E-state index in [4.69, 9.17) is 4.74 Å². The molecule has 0 aliphatic carbocycles. The molecule has 0 N–H and O–H groups in total. The van der Waals surface area contributed by atoms with E-state index >= 15 is 0 Å². The summed E-state index contributed by atoms with van der Waals surface area (Å²) in [5.41, 5.74) is 4.12. The van der Waals surface area contributed by atoms with Crippen molar-refractivity contribution < 1.29 is 4.74 Å². The lowest BCUT2D eigenvalue weighted by Gasteiger charge is -2.36. The zero-order chi connectivity index (χ0) is 17.4. The van der Waals surface area contributed by atoms with E-state index in [1.807, 2.05) is 30.8 Å². The fourth-order valence-corrected chi connectivity index (χ4v) is 3.46. The van der Waals surface area contributed by atoms with Gasteiger partial charge in [0.05, 0.1) is 12.8 Å². The first-order valence-electron chi connectivity index (χ1n) is 8.45. The summed E-state index contributed by atoms with van der Waals surface area (Å²) in [5, 5.41) is 4.49. The minimum atomic E-state index is 0.886. The molecule has 0 atom stereocenters. The zero-order valence-corrected chi connectivity index (χ0v) is 14.8. The van der Waals surface area contributed by atoms with Gasteiger partial charge in [0, 0.05) is 38.9 Å². The van der Waals surface area contributed by atoms with Crippen LogP contribution in [0.5, 0.6) is 5.75 Å². The minimum Gasteiger partial charge on any atom is -0.497 e. The van der Waals surface area contributed by atoms with Crippen LogP contribution in [0.3, 0.4) is 0 Å². The second-order valence-corrected chi connectivity index (χ2v) is 6.28. The largest absolute Gasteiger partial charge is 0.497 e. The predicted molar refractivity (Wildman–Crippen MR) is 98.5 cm³/mol. The van der Waals surface area contributed by atoms with Gasteiger partial charge in [-0.2, -0.15) is 5.10 Å². The number of ether oxygens (including phenoxy) is 1. The topological polar surface area (TPSA) is 59.3 Å². The molecule has 0 saturated carbocycles. The highest BCUT2D eigenvalue weighted by atomic mass is 16.5. The Kier molecular flexibility index (Phi) is 3.91. The van der Waals surface area contributed by atoms with Gasteiger partial charge < -0.3 is 14.5 Å². The van der Waals surface area contributed by atoms with Gasteiger partial charge in [-0.05, 0) is 31.2 Å². The quantitative estimate of drug-likeness (QED) is 0.728. The van der Waals surface area contributed by atoms with Crippen molar-refractivity contribution >= 4 is 22.5 Å². The number of aryl methyl sites for hydroxylation is 2. The average molecular weight is 338 g/mol. The van der Waals surface area contributed by atoms with E-state index in [-0.39, 0.29) is 0 Å². The Morgan fingerprint density at radius 1 is 0.960 bits per heavy atom. The number of methoxy groups -OCH3 is 1. The SMILES string of the molecule is COc1ccc(N2CCN(c3ncnc4c(C)nn(C)c34)CC2)cc1. The molecule has 7 nitrogen and oxygen atoms in total. The van der Waals surface area contributed by atoms with Gasteiger partial charge in [-0.15, -0.1) is 0 Å². The summed E-state index contributed by atoms with van der Waals surface area (Å²) in [4.78, 5) is 13.7. The highest BCUT2D eigenvalue weighted by Gasteiger charge is 2.22. The first-order valence-corrected chi connectivity index (χ1v) is 8.45. The number of fused-ring (bicyclic) bond motifs is 1. The number of benzene rings is 1. The average Bonchev–Trinajstić information content (AvgIpc) is 2.96. The van der Waals surface area contributed by atoms with Gasteiger partial charge in [0.1, 0.15) is 23.1 Å². The van der Waals surface area contributed by atoms with Crippen molar-refractivity contribution in [1.29, 1.82) is 0 Å². The van der Waals surface area contributed by atoms with Crippen molar-refractivity contribution in [2.45, 2.75) is 6.92 Å². The molecule has 1 aromatic carbocycles. The van der Waals surface area contributed by atoms with Gasteiger partial charge in [-0.3, -0.25) is 4.68 Å². The third-order valence-corrected chi connectivity index (χ3v) is 4.79. The van der Waals surface area contributed by atoms with E-state index in [0.29, 0.717) is 0 Å². The van der Waals surface area contributed by atoms with Crippen LogP contribution in [-0.4, -0.2) is 53.0 Å². The van der Waals surface area contributed by atoms with Gasteiger partial charge in [0.15, 0.2) is 5.82 Å². The molecule has 130 valence electrons. The summed E-state index contributed by atoms with van der Waals surface area (Å²) >= 11 is 0. The predicted octanol–water partition coefficient (Wildman–Crippen LogP) is 2.01. The molecular weight excluding hydrogens is 316 g/mol. The maximum absolute atomic E-state index is 5.24. The highest BCUT2D eigenvalue weighted by molar-refractivity contribution is 5.87. The van der Waals surface area contributed by atoms with Crippen LogP contribution in [-0.2, 0) is 7.05 Å². The van der Waals surface area contributed by atoms with E-state index in [1.165, 1.54) is 5.69 Å². The summed E-state index contributed by atoms with van der Waals surface area (Å²) in [5.74, 6) is 1.86. The number of hydrogen-bond donors (Lipinski definition) is 0. The summed E-state index contributed by atoms with van der Waals surface area (Å²) in [7, 11) is 3.65. The zero-order valence-electron chi connectivity index (χ0n) is 14.8. The molecule has 0 bridgehead atoms. The molecule has 3 aromatic rings. The Labute approximate surface area is 146 Å². The summed E-state index contributed by atoms with van der Waals surface area (Å²) in [6.45, 7) is 5.73. The Balaban J connectivity index is 1.54. The molecule has 1 aliphatic rings. The van der Waals surface area contributed by atoms with Gasteiger partial charge in [0.2, 0.25) is 0 Å². The Bertz CT molecular complexity index is 880. The molecule has 7 heteroatoms. The fourth-order valence-electron chi connectivity index (χ4n) is 3.46. The molecule has 0 unspecified atom stereocenters. The number of nitrogens with zero attached hydrogens (tertiary/aromatic N) is 6. The Morgan fingerprint density at radius 2 is 1.64 bits per heavy atom. The summed E-state index contributed by atoms with van der Waals surface area (Å²) in [6.07, 6.45) is 1.64. The third-order valence-electron chi connectivity index (χ3n) is 4.79. The summed E-state index contributed by atoms with van der Waals surface area (Å²) < 4.78 is 7.12. The van der Waals surface area contributed by atoms with Crippen LogP contribution >= 0.6 is 0 Å². The Hall–Kier alpha value is -2.83. The molecule has 4 rings (SSSR count). The van der Waals surface area contributed by atoms with Crippen LogP contribution < -0.4 is 14.5 Å². The number of piperazine rings is 1. The van der Waals surface area contributed by atoms with Gasteiger partial charge in [-0.25, -0.2) is 9.97 Å². The molecule has 0 amide bonds. The molecule has 3 heterocycles. The van der Waals surface area contributed by atoms with E-state index in [2.05, 4.69) is 37.0 Å². The fraction of sp³-hybridized carbons (Fsp3) is 0.389. The number of aromatic nitrogens is 4. The van der Waals surface area contributed by atoms with Gasteiger partial charge in [-0.1, -0.05) is 0 Å². The van der Waals surface area contributed by atoms with Gasteiger partial charge >= 0.3 is 0 Å². The first kappa shape index (κ1) is 15.7. The Morgan fingerprint density at radius 3 is 2.32 bits per heavy atom. The lowest BCUT2D eigenvalue weighted by Crippen LogP contribution is -2.47. The van der Waals surface area contributed by atoms with E-state index < -0.39 is 0 Å². The third kappa shape index (κ3) is 2.75. The van der Waals surface area contributed by atoms with Crippen molar-refractivity contribution in [3.63, 3.8) is 0 Å². The lowest BCUT2D eigenvalue weighted by atomic mass is 10.2. The summed E-state index contributed by atoms with van der Waals surface area (Å²) in [6, 6.07) is 8.24. The van der Waals surface area contributed by atoms with Crippen molar-refractivity contribution in [3.8, 4) is 5.75 Å². The van der Waals surface area contributed by atoms with Crippen LogP contribution in [0.4, 0.5) is 11.5 Å². The molecule has 1 fully saturated rings. The molecule has 0 radical (unpaired) electrons. The molecular formula is C18H22N6O. The number of anilines is 2. The highest BCUT2D eigenvalue weighted by Crippen LogP contribution is 2.27. The molecule has 0 spiro atoms. The maximum atomic E-state index is 5.24. The molecule has 1 saturated heterocycles. The standard InChI is InChI=1S/C18H22N6O/c1-13-16-17(22(2)21-13)18(20-12-19-16)24-10-8-23(9-11-24)14-4-6-15(25-3)7-5-14/h4-7,12H,8-11H2,1-3H3. The molecule has 25 heavy (non-hydrogen) atoms. The number of rotatable bonds is 3. The smallest absolute Gasteiger partial charge is 0.158 e. The lowest BCUT2D eigenvalue weighted by molar-refractivity contribution is 0.415. The maximum Gasteiger partial charge on any atom is 0.158 e. The van der Waals surface area contributed by atoms with E-state index in [0.717, 1.165) is 54.5 Å². The van der Waals surface area contributed by atoms with E-state index in [9.17, 15) is 0 Å². The van der Waals surface area contributed by atoms with Crippen molar-refractivity contribution in [1.82, 2.24) is 19.7 Å². The second-order valence-electron chi connectivity index (χ2n) is 6.28. The van der Waals surface area contributed by atoms with Gasteiger partial charge in [0.25, 0.3) is 0 Å². The van der Waals surface area contributed by atoms with Crippen molar-refractivity contribution in [2.24, 2.45) is 7.05 Å². The van der Waals surface area contributed by atoms with Crippen molar-refractivity contribution in [3.05, 3.63) is 36.3 Å². The van der Waals surface area contributed by atoms with Crippen LogP contribution in [0.15, 0.2) is 30.6 Å². The minimum absolute atomic E-state index is 0.886. The molecule has 1 aliphatic heterocycles. The monoisotopic (exact) mass is 338 g/mol.